The molecule has 0 aliphatic carbocycles. The Balaban J connectivity index is 2.15. The lowest BCUT2D eigenvalue weighted by molar-refractivity contribution is 0.0939. The van der Waals surface area contributed by atoms with Crippen LogP contribution in [0.2, 0.25) is 5.02 Å². The molecule has 1 N–H and O–H groups in total. The highest BCUT2D eigenvalue weighted by atomic mass is 35.5. The summed E-state index contributed by atoms with van der Waals surface area (Å²) in [7, 11) is 0. The maximum absolute atomic E-state index is 13.1. The third-order valence-electron chi connectivity index (χ3n) is 2.86. The number of rotatable bonds is 3. The van der Waals surface area contributed by atoms with Crippen molar-refractivity contribution >= 4 is 17.5 Å². The van der Waals surface area contributed by atoms with Crippen molar-refractivity contribution in [3.05, 3.63) is 70.2 Å². The average Bonchev–Trinajstić information content (AvgIpc) is 2.38. The van der Waals surface area contributed by atoms with Crippen LogP contribution in [0.1, 0.15) is 28.9 Å². The molecular formula is C15H12ClF2NO. The Morgan fingerprint density at radius 2 is 1.85 bits per heavy atom. The maximum Gasteiger partial charge on any atom is 0.251 e. The molecule has 0 aromatic heterocycles. The van der Waals surface area contributed by atoms with Gasteiger partial charge in [-0.05, 0) is 42.8 Å². The number of nitrogens with one attached hydrogen (secondary N) is 1. The predicted octanol–water partition coefficient (Wildman–Crippen LogP) is 4.11. The van der Waals surface area contributed by atoms with E-state index in [0.717, 1.165) is 6.07 Å². The third-order valence-corrected chi connectivity index (χ3v) is 3.19. The van der Waals surface area contributed by atoms with E-state index in [-0.39, 0.29) is 10.6 Å². The topological polar surface area (TPSA) is 29.1 Å². The van der Waals surface area contributed by atoms with Crippen molar-refractivity contribution in [3.63, 3.8) is 0 Å². The summed E-state index contributed by atoms with van der Waals surface area (Å²) in [5, 5.41) is 2.92. The van der Waals surface area contributed by atoms with Gasteiger partial charge in [0.15, 0.2) is 0 Å². The van der Waals surface area contributed by atoms with Crippen LogP contribution in [0.15, 0.2) is 42.5 Å². The molecule has 1 amide bonds. The van der Waals surface area contributed by atoms with Crippen molar-refractivity contribution in [3.8, 4) is 0 Å². The highest BCUT2D eigenvalue weighted by Gasteiger charge is 2.14. The highest BCUT2D eigenvalue weighted by Crippen LogP contribution is 2.23. The Labute approximate surface area is 120 Å². The van der Waals surface area contributed by atoms with Crippen LogP contribution in [0.3, 0.4) is 0 Å². The van der Waals surface area contributed by atoms with Crippen LogP contribution >= 0.6 is 11.6 Å². The zero-order valence-electron chi connectivity index (χ0n) is 10.7. The van der Waals surface area contributed by atoms with Gasteiger partial charge in [-0.1, -0.05) is 23.7 Å². The molecule has 0 radical (unpaired) electrons. The van der Waals surface area contributed by atoms with Crippen LogP contribution in [-0.2, 0) is 0 Å². The Hall–Kier alpha value is -1.94. The van der Waals surface area contributed by atoms with E-state index >= 15 is 0 Å². The summed E-state index contributed by atoms with van der Waals surface area (Å²) in [6.07, 6.45) is 0. The van der Waals surface area contributed by atoms with E-state index < -0.39 is 23.6 Å². The minimum atomic E-state index is -0.481. The molecular weight excluding hydrogens is 284 g/mol. The first-order chi connectivity index (χ1) is 9.47. The van der Waals surface area contributed by atoms with Crippen LogP contribution in [0, 0.1) is 11.6 Å². The second-order valence-corrected chi connectivity index (χ2v) is 4.78. The number of hydrogen-bond donors (Lipinski definition) is 1. The zero-order valence-corrected chi connectivity index (χ0v) is 11.4. The number of benzene rings is 2. The number of amides is 1. The number of carbonyl (C=O) groups excluding carboxylic acids is 1. The zero-order chi connectivity index (χ0) is 14.7. The molecule has 1 unspecified atom stereocenters. The molecule has 2 aromatic carbocycles. The van der Waals surface area contributed by atoms with Gasteiger partial charge in [0.2, 0.25) is 0 Å². The van der Waals surface area contributed by atoms with Gasteiger partial charge < -0.3 is 5.32 Å². The summed E-state index contributed by atoms with van der Waals surface area (Å²) in [6, 6.07) is 8.92. The second-order valence-electron chi connectivity index (χ2n) is 4.37. The molecule has 0 spiro atoms. The lowest BCUT2D eigenvalue weighted by atomic mass is 10.1. The van der Waals surface area contributed by atoms with E-state index in [9.17, 15) is 13.6 Å². The van der Waals surface area contributed by atoms with Crippen molar-refractivity contribution in [1.29, 1.82) is 0 Å². The maximum atomic E-state index is 13.1. The molecule has 0 bridgehead atoms. The van der Waals surface area contributed by atoms with Crippen molar-refractivity contribution in [2.24, 2.45) is 0 Å². The van der Waals surface area contributed by atoms with Crippen LogP contribution in [-0.4, -0.2) is 5.91 Å². The second kappa shape index (κ2) is 6.01. The number of carbonyl (C=O) groups is 1. The molecule has 0 aliphatic rings. The van der Waals surface area contributed by atoms with E-state index in [1.54, 1.807) is 6.92 Å². The molecule has 1 atom stereocenters. The summed E-state index contributed by atoms with van der Waals surface area (Å²) < 4.78 is 26.0. The molecule has 2 aromatic rings. The first-order valence-corrected chi connectivity index (χ1v) is 6.36. The summed E-state index contributed by atoms with van der Waals surface area (Å²) in [5.74, 6) is -1.34. The van der Waals surface area contributed by atoms with Crippen molar-refractivity contribution in [2.75, 3.05) is 0 Å². The van der Waals surface area contributed by atoms with Gasteiger partial charge in [0, 0.05) is 10.6 Å². The van der Waals surface area contributed by atoms with Crippen LogP contribution in [0.4, 0.5) is 8.78 Å². The molecule has 0 saturated heterocycles. The molecule has 0 heterocycles. The lowest BCUT2D eigenvalue weighted by Gasteiger charge is -2.16. The van der Waals surface area contributed by atoms with Gasteiger partial charge in [-0.2, -0.15) is 0 Å². The SMILES string of the molecule is CC(NC(=O)c1cccc(F)c1)c1ccc(F)cc1Cl. The largest absolute Gasteiger partial charge is 0.345 e. The number of halogens is 3. The smallest absolute Gasteiger partial charge is 0.251 e. The van der Waals surface area contributed by atoms with E-state index in [1.807, 2.05) is 0 Å². The summed E-state index contributed by atoms with van der Waals surface area (Å²) in [6.45, 7) is 1.72. The Morgan fingerprint density at radius 3 is 2.50 bits per heavy atom. The molecule has 20 heavy (non-hydrogen) atoms. The van der Waals surface area contributed by atoms with Crippen molar-refractivity contribution < 1.29 is 13.6 Å². The lowest BCUT2D eigenvalue weighted by Crippen LogP contribution is -2.26. The fourth-order valence-electron chi connectivity index (χ4n) is 1.84. The van der Waals surface area contributed by atoms with Crippen molar-refractivity contribution in [1.82, 2.24) is 5.32 Å². The van der Waals surface area contributed by atoms with E-state index in [2.05, 4.69) is 5.32 Å². The normalized spacial score (nSPS) is 12.0. The van der Waals surface area contributed by atoms with Gasteiger partial charge in [-0.15, -0.1) is 0 Å². The first-order valence-electron chi connectivity index (χ1n) is 5.99. The fourth-order valence-corrected chi connectivity index (χ4v) is 2.17. The fraction of sp³-hybridized carbons (Fsp3) is 0.133. The monoisotopic (exact) mass is 295 g/mol. The molecule has 5 heteroatoms. The molecule has 0 saturated carbocycles. The van der Waals surface area contributed by atoms with E-state index in [0.29, 0.717) is 5.56 Å². The Bertz CT molecular complexity index is 646. The number of hydrogen-bond acceptors (Lipinski definition) is 1. The third kappa shape index (κ3) is 3.33. The predicted molar refractivity (Wildman–Crippen MR) is 73.7 cm³/mol. The van der Waals surface area contributed by atoms with Crippen LogP contribution in [0.5, 0.6) is 0 Å². The minimum absolute atomic E-state index is 0.218. The summed E-state index contributed by atoms with van der Waals surface area (Å²) >= 11 is 5.93. The van der Waals surface area contributed by atoms with Crippen molar-refractivity contribution in [2.45, 2.75) is 13.0 Å². The van der Waals surface area contributed by atoms with Crippen LogP contribution < -0.4 is 5.32 Å². The van der Waals surface area contributed by atoms with Gasteiger partial charge in [0.1, 0.15) is 11.6 Å². The quantitative estimate of drug-likeness (QED) is 0.907. The molecule has 2 nitrogen and oxygen atoms in total. The average molecular weight is 296 g/mol. The molecule has 2 rings (SSSR count). The highest BCUT2D eigenvalue weighted by molar-refractivity contribution is 6.31. The van der Waals surface area contributed by atoms with E-state index in [4.69, 9.17) is 11.6 Å². The summed E-state index contributed by atoms with van der Waals surface area (Å²) in [5.41, 5.74) is 0.813. The minimum Gasteiger partial charge on any atom is -0.345 e. The standard InChI is InChI=1S/C15H12ClF2NO/c1-9(13-6-5-12(18)8-14(13)16)19-15(20)10-3-2-4-11(17)7-10/h2-9H,1H3,(H,19,20). The van der Waals surface area contributed by atoms with Gasteiger partial charge in [-0.3, -0.25) is 4.79 Å². The van der Waals surface area contributed by atoms with Gasteiger partial charge in [-0.25, -0.2) is 8.78 Å². The van der Waals surface area contributed by atoms with Gasteiger partial charge in [0.25, 0.3) is 5.91 Å². The van der Waals surface area contributed by atoms with E-state index in [1.165, 1.54) is 36.4 Å². The Morgan fingerprint density at radius 1 is 1.15 bits per heavy atom. The van der Waals surface area contributed by atoms with Crippen LogP contribution in [0.25, 0.3) is 0 Å². The first kappa shape index (κ1) is 14.5. The van der Waals surface area contributed by atoms with Gasteiger partial charge in [0.05, 0.1) is 6.04 Å². The van der Waals surface area contributed by atoms with Gasteiger partial charge >= 0.3 is 0 Å². The molecule has 0 aliphatic heterocycles. The summed E-state index contributed by atoms with van der Waals surface area (Å²) in [4.78, 5) is 12.0. The molecule has 104 valence electrons. The molecule has 0 fully saturated rings. The Kier molecular flexibility index (Phi) is 4.35.